The van der Waals surface area contributed by atoms with E-state index in [0.29, 0.717) is 30.4 Å². The second kappa shape index (κ2) is 7.37. The Kier molecular flexibility index (Phi) is 4.67. The average molecular weight is 407 g/mol. The number of hydrogen-bond acceptors (Lipinski definition) is 7. The van der Waals surface area contributed by atoms with Gasteiger partial charge in [0.2, 0.25) is 5.71 Å². The van der Waals surface area contributed by atoms with Crippen molar-refractivity contribution in [3.05, 3.63) is 48.1 Å². The van der Waals surface area contributed by atoms with Gasteiger partial charge >= 0.3 is 0 Å². The van der Waals surface area contributed by atoms with Gasteiger partial charge < -0.3 is 25.5 Å². The molecule has 3 aromatic rings. The summed E-state index contributed by atoms with van der Waals surface area (Å²) in [6.07, 6.45) is 5.05. The molecule has 0 bridgehead atoms. The number of aliphatic hydroxyl groups is 1. The number of pyridine rings is 2. The molecule has 2 aliphatic rings. The Morgan fingerprint density at radius 3 is 2.90 bits per heavy atom. The molecule has 156 valence electrons. The van der Waals surface area contributed by atoms with Crippen LogP contribution in [0.1, 0.15) is 41.9 Å². The molecule has 4 N–H and O–H groups in total. The minimum absolute atomic E-state index is 0.0224. The van der Waals surface area contributed by atoms with Gasteiger partial charge in [0.05, 0.1) is 23.7 Å². The molecule has 1 amide bonds. The lowest BCUT2D eigenvalue weighted by molar-refractivity contribution is 0.0785. The van der Waals surface area contributed by atoms with Crippen molar-refractivity contribution in [3.8, 4) is 0 Å². The van der Waals surface area contributed by atoms with E-state index >= 15 is 0 Å². The second-order valence-corrected chi connectivity index (χ2v) is 8.40. The molecule has 0 spiro atoms. The minimum atomic E-state index is -0.536. The zero-order valence-electron chi connectivity index (χ0n) is 16.8. The molecule has 1 aliphatic heterocycles. The van der Waals surface area contributed by atoms with E-state index in [1.165, 1.54) is 0 Å². The highest BCUT2D eigenvalue weighted by atomic mass is 16.3. The third-order valence-corrected chi connectivity index (χ3v) is 5.96. The molecule has 30 heavy (non-hydrogen) atoms. The standard InChI is InChI=1S/C22H25N5O3/c1-12-10-27(11-15(23)20(12)28)18-6-7-24-9-17(18)25-21(29)16-5-4-14-8-19(13-2-3-13)30-22(14)26-16/h4-9,12-13,15,20,28H,2-3,10-11,23H2,1H3,(H,25,29). The molecular formula is C22H25N5O3. The smallest absolute Gasteiger partial charge is 0.274 e. The molecule has 1 saturated heterocycles. The van der Waals surface area contributed by atoms with E-state index in [1.54, 1.807) is 18.5 Å². The number of rotatable bonds is 4. The molecule has 4 heterocycles. The summed E-state index contributed by atoms with van der Waals surface area (Å²) in [6.45, 7) is 3.11. The van der Waals surface area contributed by atoms with Gasteiger partial charge in [-0.1, -0.05) is 6.92 Å². The van der Waals surface area contributed by atoms with Gasteiger partial charge in [0.15, 0.2) is 0 Å². The van der Waals surface area contributed by atoms with Crippen molar-refractivity contribution in [3.63, 3.8) is 0 Å². The number of carbonyl (C=O) groups is 1. The predicted molar refractivity (Wildman–Crippen MR) is 114 cm³/mol. The topological polar surface area (TPSA) is 118 Å². The summed E-state index contributed by atoms with van der Waals surface area (Å²) in [5, 5.41) is 14.0. The molecule has 5 rings (SSSR count). The molecular weight excluding hydrogens is 382 g/mol. The fraction of sp³-hybridized carbons (Fsp3) is 0.409. The Morgan fingerprint density at radius 2 is 2.13 bits per heavy atom. The SMILES string of the molecule is CC1CN(c2ccncc2NC(=O)c2ccc3cc(C4CC4)oc3n2)CC(N)C1O. The van der Waals surface area contributed by atoms with E-state index in [2.05, 4.69) is 20.2 Å². The van der Waals surface area contributed by atoms with Crippen molar-refractivity contribution in [1.82, 2.24) is 9.97 Å². The molecule has 3 atom stereocenters. The summed E-state index contributed by atoms with van der Waals surface area (Å²) in [7, 11) is 0. The summed E-state index contributed by atoms with van der Waals surface area (Å²) in [6, 6.07) is 7.07. The number of aliphatic hydroxyl groups excluding tert-OH is 1. The number of carbonyl (C=O) groups excluding carboxylic acids is 1. The Bertz CT molecular complexity index is 1080. The summed E-state index contributed by atoms with van der Waals surface area (Å²) < 4.78 is 5.84. The molecule has 3 unspecified atom stereocenters. The number of furan rings is 1. The summed E-state index contributed by atoms with van der Waals surface area (Å²) in [4.78, 5) is 23.5. The molecule has 2 fully saturated rings. The van der Waals surface area contributed by atoms with Crippen LogP contribution in [0, 0.1) is 5.92 Å². The maximum Gasteiger partial charge on any atom is 0.274 e. The maximum absolute atomic E-state index is 12.9. The largest absolute Gasteiger partial charge is 0.442 e. The zero-order chi connectivity index (χ0) is 20.8. The van der Waals surface area contributed by atoms with Crippen molar-refractivity contribution in [2.75, 3.05) is 23.3 Å². The fourth-order valence-corrected chi connectivity index (χ4v) is 4.09. The molecule has 0 radical (unpaired) electrons. The van der Waals surface area contributed by atoms with Crippen LogP contribution in [0.3, 0.4) is 0 Å². The number of hydrogen-bond donors (Lipinski definition) is 3. The minimum Gasteiger partial charge on any atom is -0.442 e. The van der Waals surface area contributed by atoms with E-state index < -0.39 is 6.10 Å². The maximum atomic E-state index is 12.9. The van der Waals surface area contributed by atoms with E-state index in [1.807, 2.05) is 25.1 Å². The molecule has 8 heteroatoms. The van der Waals surface area contributed by atoms with E-state index in [0.717, 1.165) is 29.7 Å². The zero-order valence-corrected chi connectivity index (χ0v) is 16.8. The number of nitrogens with two attached hydrogens (primary N) is 1. The highest BCUT2D eigenvalue weighted by Crippen LogP contribution is 2.42. The van der Waals surface area contributed by atoms with Gasteiger partial charge in [-0.25, -0.2) is 4.98 Å². The van der Waals surface area contributed by atoms with Crippen LogP contribution in [0.15, 0.2) is 41.1 Å². The van der Waals surface area contributed by atoms with E-state index in [9.17, 15) is 9.90 Å². The predicted octanol–water partition coefficient (Wildman–Crippen LogP) is 2.50. The van der Waals surface area contributed by atoms with Crippen LogP contribution in [0.4, 0.5) is 11.4 Å². The van der Waals surface area contributed by atoms with Crippen molar-refractivity contribution in [2.24, 2.45) is 11.7 Å². The van der Waals surface area contributed by atoms with Gasteiger partial charge in [-0.15, -0.1) is 0 Å². The van der Waals surface area contributed by atoms with Gasteiger partial charge in [-0.05, 0) is 37.1 Å². The van der Waals surface area contributed by atoms with Crippen LogP contribution in [0.5, 0.6) is 0 Å². The lowest BCUT2D eigenvalue weighted by Gasteiger charge is -2.40. The van der Waals surface area contributed by atoms with Crippen molar-refractivity contribution in [2.45, 2.75) is 37.8 Å². The number of aromatic nitrogens is 2. The highest BCUT2D eigenvalue weighted by Gasteiger charge is 2.32. The van der Waals surface area contributed by atoms with Crippen LogP contribution in [-0.2, 0) is 0 Å². The van der Waals surface area contributed by atoms with Crippen LogP contribution in [0.2, 0.25) is 0 Å². The van der Waals surface area contributed by atoms with Crippen molar-refractivity contribution >= 4 is 28.4 Å². The van der Waals surface area contributed by atoms with Crippen LogP contribution < -0.4 is 16.0 Å². The Labute approximate surface area is 174 Å². The Hall–Kier alpha value is -2.97. The third kappa shape index (κ3) is 3.53. The van der Waals surface area contributed by atoms with Gasteiger partial charge in [0, 0.05) is 42.6 Å². The summed E-state index contributed by atoms with van der Waals surface area (Å²) in [5.41, 5.74) is 8.28. The number of amides is 1. The van der Waals surface area contributed by atoms with Crippen LogP contribution in [-0.4, -0.2) is 46.2 Å². The molecule has 0 aromatic carbocycles. The van der Waals surface area contributed by atoms with Gasteiger partial charge in [-0.2, -0.15) is 0 Å². The number of anilines is 2. The lowest BCUT2D eigenvalue weighted by Crippen LogP contribution is -2.55. The van der Waals surface area contributed by atoms with Gasteiger partial charge in [0.1, 0.15) is 11.5 Å². The fourth-order valence-electron chi connectivity index (χ4n) is 4.09. The van der Waals surface area contributed by atoms with Crippen LogP contribution >= 0.6 is 0 Å². The second-order valence-electron chi connectivity index (χ2n) is 8.40. The first kappa shape index (κ1) is 19.0. The molecule has 1 aliphatic carbocycles. The van der Waals surface area contributed by atoms with Gasteiger partial charge in [0.25, 0.3) is 5.91 Å². The van der Waals surface area contributed by atoms with Crippen molar-refractivity contribution in [1.29, 1.82) is 0 Å². The lowest BCUT2D eigenvalue weighted by atomic mass is 9.92. The van der Waals surface area contributed by atoms with Crippen LogP contribution in [0.25, 0.3) is 11.1 Å². The number of piperidine rings is 1. The normalized spacial score (nSPS) is 24.2. The third-order valence-electron chi connectivity index (χ3n) is 5.96. The summed E-state index contributed by atoms with van der Waals surface area (Å²) in [5.74, 6) is 1.13. The van der Waals surface area contributed by atoms with Gasteiger partial charge in [-0.3, -0.25) is 9.78 Å². The monoisotopic (exact) mass is 407 g/mol. The molecule has 1 saturated carbocycles. The Morgan fingerprint density at radius 1 is 1.30 bits per heavy atom. The quantitative estimate of drug-likeness (QED) is 0.608. The number of nitrogens with zero attached hydrogens (tertiary/aromatic N) is 3. The first-order chi connectivity index (χ1) is 14.5. The van der Waals surface area contributed by atoms with Crippen molar-refractivity contribution < 1.29 is 14.3 Å². The molecule has 8 nitrogen and oxygen atoms in total. The van der Waals surface area contributed by atoms with E-state index in [-0.39, 0.29) is 23.6 Å². The number of nitrogens with one attached hydrogen (secondary N) is 1. The van der Waals surface area contributed by atoms with E-state index in [4.69, 9.17) is 10.2 Å². The number of fused-ring (bicyclic) bond motifs is 1. The first-order valence-corrected chi connectivity index (χ1v) is 10.3. The average Bonchev–Trinajstić information content (AvgIpc) is 3.50. The first-order valence-electron chi connectivity index (χ1n) is 10.3. The Balaban J connectivity index is 1.38. The molecule has 3 aromatic heterocycles. The highest BCUT2D eigenvalue weighted by molar-refractivity contribution is 6.05. The summed E-state index contributed by atoms with van der Waals surface area (Å²) >= 11 is 0.